The van der Waals surface area contributed by atoms with E-state index >= 15 is 0 Å². The first-order valence-electron chi connectivity index (χ1n) is 34.7. The molecule has 1 fully saturated rings. The van der Waals surface area contributed by atoms with Crippen molar-refractivity contribution in [2.24, 2.45) is 0 Å². The Balaban J connectivity index is 0.000000274. The van der Waals surface area contributed by atoms with E-state index in [0.717, 1.165) is 30.3 Å². The number of unbranched alkanes of at least 4 members (excludes halogenated alkanes) is 10. The molecule has 13 rings (SSSR count). The van der Waals surface area contributed by atoms with Crippen LogP contribution in [0.25, 0.3) is 55.8 Å². The average Bonchev–Trinajstić information content (AvgIpc) is 1.55. The summed E-state index contributed by atoms with van der Waals surface area (Å²) < 4.78 is 7.48. The third-order valence-corrected chi connectivity index (χ3v) is 22.6. The minimum absolute atomic E-state index is 0. The molecule has 4 nitrogen and oxygen atoms in total. The van der Waals surface area contributed by atoms with Crippen LogP contribution in [-0.4, -0.2) is 30.0 Å². The summed E-state index contributed by atoms with van der Waals surface area (Å²) in [5.41, 5.74) is 15.9. The quantitative estimate of drug-likeness (QED) is 0.0364. The van der Waals surface area contributed by atoms with Crippen LogP contribution in [0.1, 0.15) is 154 Å². The number of para-hydroxylation sites is 2. The zero-order valence-corrected chi connectivity index (χ0v) is 61.4. The van der Waals surface area contributed by atoms with Crippen LogP contribution in [0.3, 0.4) is 0 Å². The summed E-state index contributed by atoms with van der Waals surface area (Å²) in [5.74, 6) is 0. The number of ether oxygens (including phenoxy) is 1. The number of benzene rings is 10. The molecule has 1 aliphatic carbocycles. The number of fused-ring (bicyclic) bond motifs is 6. The summed E-state index contributed by atoms with van der Waals surface area (Å²) in [4.78, 5) is 2.39. The van der Waals surface area contributed by atoms with E-state index in [1.54, 1.807) is 20.8 Å². The molecule has 94 heavy (non-hydrogen) atoms. The normalized spacial score (nSPS) is 12.8. The summed E-state index contributed by atoms with van der Waals surface area (Å²) in [7, 11) is -1.53. The minimum Gasteiger partial charge on any atom is -0.850 e. The maximum absolute atomic E-state index is 10.1. The minimum atomic E-state index is -1.53. The Kier molecular flexibility index (Phi) is 27.1. The Morgan fingerprint density at radius 2 is 0.894 bits per heavy atom. The summed E-state index contributed by atoms with van der Waals surface area (Å²) in [5, 5.41) is 16.9. The summed E-state index contributed by atoms with van der Waals surface area (Å²) >= 11 is 0. The first-order valence-corrected chi connectivity index (χ1v) is 37.0. The van der Waals surface area contributed by atoms with E-state index in [1.807, 2.05) is 6.08 Å². The van der Waals surface area contributed by atoms with Gasteiger partial charge in [0.1, 0.15) is 23.2 Å². The van der Waals surface area contributed by atoms with Crippen molar-refractivity contribution in [3.8, 4) is 27.9 Å². The maximum Gasteiger partial charge on any atom is 1.00 e. The van der Waals surface area contributed by atoms with Crippen molar-refractivity contribution in [1.29, 1.82) is 0 Å². The number of anilines is 3. The number of aromatic nitrogens is 1. The summed E-state index contributed by atoms with van der Waals surface area (Å²) in [6.07, 6.45) is 22.7. The van der Waals surface area contributed by atoms with Gasteiger partial charge in [-0.3, -0.25) is 0 Å². The Morgan fingerprint density at radius 3 is 1.40 bits per heavy atom. The molecule has 0 spiro atoms. The van der Waals surface area contributed by atoms with Crippen molar-refractivity contribution in [2.75, 3.05) is 24.8 Å². The fraction of sp³-hybridized carbons (Fsp3) is 0.295. The third-order valence-electron chi connectivity index (χ3n) is 18.6. The van der Waals surface area contributed by atoms with Crippen LogP contribution in [0.15, 0.2) is 261 Å². The fourth-order valence-electron chi connectivity index (χ4n) is 13.8. The van der Waals surface area contributed by atoms with Gasteiger partial charge in [0.15, 0.2) is 0 Å². The molecule has 0 N–H and O–H groups in total. The van der Waals surface area contributed by atoms with Crippen LogP contribution < -0.4 is 77.3 Å². The van der Waals surface area contributed by atoms with E-state index in [-0.39, 0.29) is 56.8 Å². The van der Waals surface area contributed by atoms with Gasteiger partial charge in [-0.05, 0) is 162 Å². The molecule has 1 aliphatic heterocycles. The molecule has 0 unspecified atom stereocenters. The molecule has 10 aromatic carbocycles. The van der Waals surface area contributed by atoms with Gasteiger partial charge in [-0.25, -0.2) is 0 Å². The van der Waals surface area contributed by atoms with Crippen molar-refractivity contribution in [3.63, 3.8) is 0 Å². The Morgan fingerprint density at radius 1 is 0.468 bits per heavy atom. The molecule has 478 valence electrons. The second-order valence-corrected chi connectivity index (χ2v) is 30.0. The van der Waals surface area contributed by atoms with Gasteiger partial charge in [0, 0.05) is 52.2 Å². The molecule has 0 radical (unpaired) electrons. The standard InChI is InChI=1S/C61H64N2.C19H18P.C4H8O.C4H9O.K/c1-4-7-9-11-13-23-41-61(42-24-14-12-10-8-5-2)57-43-46(6-3)31-38-53(57)54-39-36-52(45-58(54)61)63-59-30-22-21-29-55(59)56-44-51(37-40-60(56)63)62(49-27-19-16-20-28-49)50-34-32-48(33-35-50)47-25-17-15-18-26-47;1-20(17-11-5-2-6-12-17,18-13-7-3-8-14-18)19-15-9-4-10-16-19;1-2-4-5-3-1;1-4(2,3)5;/h6,15-22,25-40,43-45H,3-5,7-14,23-24,41-42H2,1-2H3;2-16H,1H3;1-4H2;1-3H3;/q;+1;;-1;+1. The smallest absolute Gasteiger partial charge is 0.850 e. The molecular formula is C88H99KN2O2P+. The van der Waals surface area contributed by atoms with Crippen molar-refractivity contribution >= 4 is 68.1 Å². The Hall–Kier alpha value is -6.47. The van der Waals surface area contributed by atoms with Gasteiger partial charge < -0.3 is 19.3 Å². The second kappa shape index (κ2) is 35.5. The molecule has 2 aliphatic rings. The van der Waals surface area contributed by atoms with Gasteiger partial charge in [-0.2, -0.15) is 0 Å². The average molecular weight is 1290 g/mol. The van der Waals surface area contributed by atoms with Crippen molar-refractivity contribution < 1.29 is 61.2 Å². The molecule has 1 saturated heterocycles. The first-order chi connectivity index (χ1) is 45.4. The molecule has 6 heteroatoms. The number of nitrogens with zero attached hydrogens (tertiary/aromatic N) is 2. The van der Waals surface area contributed by atoms with Gasteiger partial charge in [-0.15, -0.1) is 5.60 Å². The summed E-state index contributed by atoms with van der Waals surface area (Å²) in [6, 6.07) is 93.8. The van der Waals surface area contributed by atoms with E-state index in [2.05, 4.69) is 291 Å². The van der Waals surface area contributed by atoms with Crippen LogP contribution in [0.2, 0.25) is 0 Å². The van der Waals surface area contributed by atoms with Crippen molar-refractivity contribution in [3.05, 3.63) is 278 Å². The third kappa shape index (κ3) is 17.9. The van der Waals surface area contributed by atoms with E-state index in [4.69, 9.17) is 4.74 Å². The van der Waals surface area contributed by atoms with Gasteiger partial charge in [0.25, 0.3) is 0 Å². The number of hydrogen-bond acceptors (Lipinski definition) is 3. The van der Waals surface area contributed by atoms with E-state index in [9.17, 15) is 5.11 Å². The second-order valence-electron chi connectivity index (χ2n) is 26.4. The predicted octanol–water partition coefficient (Wildman–Crippen LogP) is 19.9. The molecule has 0 amide bonds. The van der Waals surface area contributed by atoms with E-state index < -0.39 is 12.9 Å². The molecule has 2 heterocycles. The Bertz CT molecular complexity index is 3940. The van der Waals surface area contributed by atoms with Gasteiger partial charge in [-0.1, -0.05) is 282 Å². The molecule has 1 aromatic heterocycles. The van der Waals surface area contributed by atoms with Crippen LogP contribution in [-0.2, 0) is 10.2 Å². The van der Waals surface area contributed by atoms with E-state index in [1.165, 1.54) is 185 Å². The van der Waals surface area contributed by atoms with Crippen molar-refractivity contribution in [1.82, 2.24) is 4.57 Å². The molecular weight excluding hydrogens is 1190 g/mol. The molecule has 0 bridgehead atoms. The number of hydrogen-bond donors (Lipinski definition) is 0. The van der Waals surface area contributed by atoms with Crippen LogP contribution in [0.5, 0.6) is 0 Å². The topological polar surface area (TPSA) is 40.5 Å². The van der Waals surface area contributed by atoms with Gasteiger partial charge in [0.2, 0.25) is 0 Å². The number of rotatable bonds is 23. The molecule has 0 atom stereocenters. The van der Waals surface area contributed by atoms with Crippen molar-refractivity contribution in [2.45, 2.75) is 148 Å². The monoisotopic (exact) mass is 1290 g/mol. The summed E-state index contributed by atoms with van der Waals surface area (Å²) in [6.45, 7) is 18.2. The largest absolute Gasteiger partial charge is 1.00 e. The van der Waals surface area contributed by atoms with Crippen LogP contribution in [0, 0.1) is 0 Å². The molecule has 11 aromatic rings. The zero-order valence-electron chi connectivity index (χ0n) is 57.4. The van der Waals surface area contributed by atoms with Crippen LogP contribution in [0.4, 0.5) is 17.1 Å². The molecule has 0 saturated carbocycles. The van der Waals surface area contributed by atoms with Crippen LogP contribution >= 0.6 is 7.26 Å². The van der Waals surface area contributed by atoms with Gasteiger partial charge >= 0.3 is 51.4 Å². The fourth-order valence-corrected chi connectivity index (χ4v) is 17.0. The predicted molar refractivity (Wildman–Crippen MR) is 404 cm³/mol. The first kappa shape index (κ1) is 71.8. The van der Waals surface area contributed by atoms with E-state index in [0.29, 0.717) is 0 Å². The van der Waals surface area contributed by atoms with Gasteiger partial charge in [0.05, 0.1) is 17.7 Å². The zero-order chi connectivity index (χ0) is 64.9. The SMILES string of the molecule is C1CCOC1.C=Cc1ccc2c(c1)C(CCCCCCCC)(CCCCCCCC)c1cc(-n3c4ccccc4c4cc(N(c5ccccc5)c5ccc(-c6ccccc6)cc5)ccc43)ccc1-2.CC(C)(C)[O-].C[P+](c1ccccc1)(c1ccccc1)c1ccccc1.[K+]. The Labute approximate surface area is 607 Å². The maximum atomic E-state index is 10.1.